The third kappa shape index (κ3) is 3.54. The highest BCUT2D eigenvalue weighted by Crippen LogP contribution is 2.43. The van der Waals surface area contributed by atoms with Gasteiger partial charge in [0.2, 0.25) is 11.3 Å². The van der Waals surface area contributed by atoms with Gasteiger partial charge in [0.15, 0.2) is 0 Å². The first-order valence-electron chi connectivity index (χ1n) is 4.20. The van der Waals surface area contributed by atoms with E-state index in [-0.39, 0.29) is 0 Å². The molecule has 0 N–H and O–H groups in total. The van der Waals surface area contributed by atoms with Gasteiger partial charge in [-0.25, -0.2) is 8.42 Å². The molecule has 0 amide bonds. The molecule has 2 nitrogen and oxygen atoms in total. The molecule has 1 aliphatic carbocycles. The first-order chi connectivity index (χ1) is 6.86. The Hall–Kier alpha value is 0.610. The normalized spacial score (nSPS) is 25.9. The van der Waals surface area contributed by atoms with Gasteiger partial charge in [0.05, 0.1) is 4.91 Å². The SMILES string of the molecule is O=S(=O)(C1=C\CC/C=C/C=C\1)C(Br)(Br)Br. The van der Waals surface area contributed by atoms with Crippen molar-refractivity contribution in [3.05, 3.63) is 35.3 Å². The lowest BCUT2D eigenvalue weighted by Gasteiger charge is -2.14. The molecule has 0 aromatic carbocycles. The van der Waals surface area contributed by atoms with Crippen molar-refractivity contribution < 1.29 is 8.42 Å². The van der Waals surface area contributed by atoms with Gasteiger partial charge in [0.1, 0.15) is 0 Å². The fraction of sp³-hybridized carbons (Fsp3) is 0.333. The Morgan fingerprint density at radius 3 is 2.40 bits per heavy atom. The van der Waals surface area contributed by atoms with Crippen LogP contribution in [0.2, 0.25) is 0 Å². The first-order valence-corrected chi connectivity index (χ1v) is 8.06. The van der Waals surface area contributed by atoms with Crippen molar-refractivity contribution in [2.45, 2.75) is 14.3 Å². The predicted molar refractivity (Wildman–Crippen MR) is 74.0 cm³/mol. The minimum absolute atomic E-state index is 0.303. The molecule has 0 heterocycles. The van der Waals surface area contributed by atoms with Crippen LogP contribution in [-0.2, 0) is 9.84 Å². The van der Waals surface area contributed by atoms with Crippen molar-refractivity contribution in [2.75, 3.05) is 0 Å². The smallest absolute Gasteiger partial charge is 0.220 e. The standard InChI is InChI=1S/C9H9Br3O2S/c10-9(11,12)15(13,14)8-6-4-2-1-3-5-7-8/h1-2,4,6-7H,3,5H2/b2-1+,6-4-,8-7-. The van der Waals surface area contributed by atoms with Crippen molar-refractivity contribution in [1.29, 1.82) is 0 Å². The van der Waals surface area contributed by atoms with E-state index in [2.05, 4.69) is 47.8 Å². The molecule has 1 aliphatic rings. The molecule has 0 aromatic rings. The van der Waals surface area contributed by atoms with Gasteiger partial charge in [0, 0.05) is 0 Å². The average molecular weight is 421 g/mol. The zero-order valence-corrected chi connectivity index (χ0v) is 13.2. The first kappa shape index (κ1) is 13.7. The molecule has 0 aliphatic heterocycles. The van der Waals surface area contributed by atoms with Gasteiger partial charge < -0.3 is 0 Å². The second-order valence-corrected chi connectivity index (χ2v) is 13.3. The summed E-state index contributed by atoms with van der Waals surface area (Å²) in [5.41, 5.74) is 0. The van der Waals surface area contributed by atoms with E-state index in [1.165, 1.54) is 0 Å². The summed E-state index contributed by atoms with van der Waals surface area (Å²) in [6, 6.07) is 0. The maximum Gasteiger partial charge on any atom is 0.239 e. The maximum absolute atomic E-state index is 12.0. The lowest BCUT2D eigenvalue weighted by atomic mass is 10.2. The van der Waals surface area contributed by atoms with E-state index in [1.54, 1.807) is 18.2 Å². The Kier molecular flexibility index (Phi) is 4.83. The summed E-state index contributed by atoms with van der Waals surface area (Å²) in [6.07, 6.45) is 10.4. The van der Waals surface area contributed by atoms with Gasteiger partial charge in [-0.05, 0) is 66.7 Å². The molecule has 0 saturated carbocycles. The van der Waals surface area contributed by atoms with E-state index in [4.69, 9.17) is 0 Å². The molecule has 0 aromatic heterocycles. The van der Waals surface area contributed by atoms with E-state index in [1.807, 2.05) is 12.2 Å². The van der Waals surface area contributed by atoms with Gasteiger partial charge >= 0.3 is 0 Å². The van der Waals surface area contributed by atoms with Gasteiger partial charge in [-0.2, -0.15) is 0 Å². The van der Waals surface area contributed by atoms with Crippen LogP contribution in [0.25, 0.3) is 0 Å². The molecule has 0 saturated heterocycles. The molecule has 1 rings (SSSR count). The Balaban J connectivity index is 3.12. The molecule has 15 heavy (non-hydrogen) atoms. The summed E-state index contributed by atoms with van der Waals surface area (Å²) in [4.78, 5) is 0.303. The topological polar surface area (TPSA) is 34.1 Å². The molecule has 0 bridgehead atoms. The molecular weight excluding hydrogens is 412 g/mol. The summed E-state index contributed by atoms with van der Waals surface area (Å²) < 4.78 is 22.7. The van der Waals surface area contributed by atoms with Crippen molar-refractivity contribution >= 4 is 57.6 Å². The molecule has 0 radical (unpaired) electrons. The molecule has 6 heteroatoms. The number of halogens is 3. The van der Waals surface area contributed by atoms with Crippen molar-refractivity contribution in [2.24, 2.45) is 0 Å². The second-order valence-electron chi connectivity index (χ2n) is 2.92. The van der Waals surface area contributed by atoms with E-state index in [0.29, 0.717) is 4.91 Å². The maximum atomic E-state index is 12.0. The van der Waals surface area contributed by atoms with Crippen LogP contribution >= 0.6 is 47.8 Å². The van der Waals surface area contributed by atoms with Crippen molar-refractivity contribution in [1.82, 2.24) is 0 Å². The zero-order chi connectivity index (χ0) is 11.5. The predicted octanol–water partition coefficient (Wildman–Crippen LogP) is 3.99. The Morgan fingerprint density at radius 1 is 1.13 bits per heavy atom. The van der Waals surface area contributed by atoms with E-state index < -0.39 is 11.3 Å². The molecule has 0 atom stereocenters. The second kappa shape index (κ2) is 5.29. The number of hydrogen-bond acceptors (Lipinski definition) is 2. The van der Waals surface area contributed by atoms with Gasteiger partial charge in [-0.1, -0.05) is 24.3 Å². The fourth-order valence-electron chi connectivity index (χ4n) is 1.05. The molecule has 0 spiro atoms. The zero-order valence-electron chi connectivity index (χ0n) is 7.66. The number of allylic oxidation sites excluding steroid dienone is 5. The monoisotopic (exact) mass is 418 g/mol. The number of alkyl halides is 3. The lowest BCUT2D eigenvalue weighted by Crippen LogP contribution is -2.19. The summed E-state index contributed by atoms with van der Waals surface area (Å²) in [6.45, 7) is 0. The van der Waals surface area contributed by atoms with Crippen LogP contribution in [0.1, 0.15) is 12.8 Å². The van der Waals surface area contributed by atoms with Crippen LogP contribution in [-0.4, -0.2) is 9.89 Å². The third-order valence-corrected chi connectivity index (χ3v) is 7.17. The highest BCUT2D eigenvalue weighted by Gasteiger charge is 2.37. The lowest BCUT2D eigenvalue weighted by molar-refractivity contribution is 0.605. The third-order valence-electron chi connectivity index (χ3n) is 1.80. The van der Waals surface area contributed by atoms with Gasteiger partial charge in [-0.3, -0.25) is 0 Å². The summed E-state index contributed by atoms with van der Waals surface area (Å²) in [5.74, 6) is 0. The quantitative estimate of drug-likeness (QED) is 0.601. The van der Waals surface area contributed by atoms with E-state index >= 15 is 0 Å². The fourth-order valence-corrected chi connectivity index (χ4v) is 3.59. The van der Waals surface area contributed by atoms with Crippen molar-refractivity contribution in [3.63, 3.8) is 0 Å². The largest absolute Gasteiger partial charge is 0.239 e. The Labute approximate surface area is 115 Å². The highest BCUT2D eigenvalue weighted by atomic mass is 80.0. The van der Waals surface area contributed by atoms with Crippen LogP contribution in [0, 0.1) is 0 Å². The van der Waals surface area contributed by atoms with Crippen LogP contribution in [0.15, 0.2) is 35.3 Å². The minimum atomic E-state index is -3.45. The molecule has 0 unspecified atom stereocenters. The van der Waals surface area contributed by atoms with Crippen LogP contribution in [0.5, 0.6) is 0 Å². The number of sulfone groups is 1. The summed E-state index contributed by atoms with van der Waals surface area (Å²) in [5, 5.41) is 0. The molecular formula is C9H9Br3O2S. The van der Waals surface area contributed by atoms with Gasteiger partial charge in [0.25, 0.3) is 0 Å². The summed E-state index contributed by atoms with van der Waals surface area (Å²) >= 11 is 9.10. The van der Waals surface area contributed by atoms with Gasteiger partial charge in [-0.15, -0.1) is 0 Å². The Morgan fingerprint density at radius 2 is 1.80 bits per heavy atom. The number of hydrogen-bond donors (Lipinski definition) is 0. The molecule has 84 valence electrons. The molecule has 0 fully saturated rings. The number of rotatable bonds is 1. The van der Waals surface area contributed by atoms with Crippen LogP contribution in [0.4, 0.5) is 0 Å². The Bertz CT molecular complexity index is 413. The van der Waals surface area contributed by atoms with Crippen LogP contribution < -0.4 is 0 Å². The average Bonchev–Trinajstić information content (AvgIpc) is 1.99. The van der Waals surface area contributed by atoms with E-state index in [9.17, 15) is 8.42 Å². The van der Waals surface area contributed by atoms with E-state index in [0.717, 1.165) is 12.8 Å². The highest BCUT2D eigenvalue weighted by molar-refractivity contribution is 9.42. The summed E-state index contributed by atoms with van der Waals surface area (Å²) in [7, 11) is -3.45. The van der Waals surface area contributed by atoms with Crippen LogP contribution in [0.3, 0.4) is 0 Å². The van der Waals surface area contributed by atoms with Crippen molar-refractivity contribution in [3.8, 4) is 0 Å². The minimum Gasteiger partial charge on any atom is -0.220 e.